The number of nitrogens with one attached hydrogen (secondary N) is 1. The molecule has 1 heterocycles. The van der Waals surface area contributed by atoms with Crippen LogP contribution in [0.4, 0.5) is 5.82 Å². The summed E-state index contributed by atoms with van der Waals surface area (Å²) in [4.78, 5) is 11.7. The lowest BCUT2D eigenvalue weighted by Gasteiger charge is -2.08. The Hall–Kier alpha value is -2.37. The van der Waals surface area contributed by atoms with Gasteiger partial charge in [-0.1, -0.05) is 6.92 Å². The SMILES string of the molecule is CCCC(=O)Nc1nonc1-c1ccc(OCC)c(C)c1. The first-order valence-corrected chi connectivity index (χ1v) is 7.02. The van der Waals surface area contributed by atoms with Crippen molar-refractivity contribution in [3.8, 4) is 17.0 Å². The molecule has 0 aliphatic carbocycles. The third kappa shape index (κ3) is 3.59. The molecule has 2 aromatic rings. The van der Waals surface area contributed by atoms with E-state index in [-0.39, 0.29) is 5.91 Å². The Morgan fingerprint density at radius 2 is 2.14 bits per heavy atom. The van der Waals surface area contributed by atoms with Gasteiger partial charge in [0.1, 0.15) is 5.75 Å². The van der Waals surface area contributed by atoms with Gasteiger partial charge in [0.05, 0.1) is 6.61 Å². The molecule has 2 rings (SSSR count). The highest BCUT2D eigenvalue weighted by atomic mass is 16.6. The number of rotatable bonds is 6. The van der Waals surface area contributed by atoms with Gasteiger partial charge in [-0.25, -0.2) is 4.63 Å². The van der Waals surface area contributed by atoms with Crippen molar-refractivity contribution in [2.75, 3.05) is 11.9 Å². The van der Waals surface area contributed by atoms with E-state index in [2.05, 4.69) is 15.6 Å². The van der Waals surface area contributed by atoms with Crippen LogP contribution in [-0.2, 0) is 4.79 Å². The van der Waals surface area contributed by atoms with Crippen LogP contribution in [-0.4, -0.2) is 22.8 Å². The van der Waals surface area contributed by atoms with Gasteiger partial charge in [-0.3, -0.25) is 4.79 Å². The fourth-order valence-electron chi connectivity index (χ4n) is 2.00. The summed E-state index contributed by atoms with van der Waals surface area (Å²) in [7, 11) is 0. The van der Waals surface area contributed by atoms with Crippen LogP contribution < -0.4 is 10.1 Å². The molecule has 1 N–H and O–H groups in total. The van der Waals surface area contributed by atoms with Crippen molar-refractivity contribution in [3.05, 3.63) is 23.8 Å². The van der Waals surface area contributed by atoms with Gasteiger partial charge in [-0.15, -0.1) is 0 Å². The van der Waals surface area contributed by atoms with Gasteiger partial charge < -0.3 is 10.1 Å². The van der Waals surface area contributed by atoms with Crippen molar-refractivity contribution in [3.63, 3.8) is 0 Å². The molecule has 0 aliphatic rings. The lowest BCUT2D eigenvalue weighted by molar-refractivity contribution is -0.116. The first-order chi connectivity index (χ1) is 10.2. The van der Waals surface area contributed by atoms with E-state index in [4.69, 9.17) is 9.37 Å². The van der Waals surface area contributed by atoms with E-state index in [1.54, 1.807) is 0 Å². The number of ether oxygens (including phenoxy) is 1. The zero-order valence-corrected chi connectivity index (χ0v) is 12.5. The quantitative estimate of drug-likeness (QED) is 0.883. The van der Waals surface area contributed by atoms with Crippen molar-refractivity contribution in [2.24, 2.45) is 0 Å². The fourth-order valence-corrected chi connectivity index (χ4v) is 2.00. The summed E-state index contributed by atoms with van der Waals surface area (Å²) < 4.78 is 10.3. The summed E-state index contributed by atoms with van der Waals surface area (Å²) in [5, 5.41) is 10.3. The normalized spacial score (nSPS) is 10.4. The predicted molar refractivity (Wildman–Crippen MR) is 79.2 cm³/mol. The molecule has 6 nitrogen and oxygen atoms in total. The van der Waals surface area contributed by atoms with Gasteiger partial charge >= 0.3 is 0 Å². The number of amides is 1. The number of benzene rings is 1. The highest BCUT2D eigenvalue weighted by molar-refractivity contribution is 5.93. The second kappa shape index (κ2) is 6.88. The molecule has 1 aromatic carbocycles. The Labute approximate surface area is 123 Å². The van der Waals surface area contributed by atoms with Crippen LogP contribution in [0.2, 0.25) is 0 Å². The number of aryl methyl sites for hydroxylation is 1. The summed E-state index contributed by atoms with van der Waals surface area (Å²) in [6.45, 7) is 6.45. The molecule has 0 saturated carbocycles. The van der Waals surface area contributed by atoms with Crippen LogP contribution in [0.25, 0.3) is 11.3 Å². The number of hydrogen-bond donors (Lipinski definition) is 1. The van der Waals surface area contributed by atoms with Crippen molar-refractivity contribution in [1.82, 2.24) is 10.3 Å². The average Bonchev–Trinajstić information content (AvgIpc) is 2.89. The maximum atomic E-state index is 11.7. The maximum absolute atomic E-state index is 11.7. The smallest absolute Gasteiger partial charge is 0.225 e. The van der Waals surface area contributed by atoms with E-state index < -0.39 is 0 Å². The molecule has 0 saturated heterocycles. The van der Waals surface area contributed by atoms with E-state index in [0.717, 1.165) is 23.3 Å². The largest absolute Gasteiger partial charge is 0.494 e. The zero-order valence-electron chi connectivity index (χ0n) is 12.5. The average molecular weight is 289 g/mol. The highest BCUT2D eigenvalue weighted by Gasteiger charge is 2.15. The summed E-state index contributed by atoms with van der Waals surface area (Å²) in [5.74, 6) is 1.07. The first-order valence-electron chi connectivity index (χ1n) is 7.02. The molecule has 0 spiro atoms. The first kappa shape index (κ1) is 15.0. The number of hydrogen-bond acceptors (Lipinski definition) is 5. The van der Waals surface area contributed by atoms with Gasteiger partial charge in [0.2, 0.25) is 11.7 Å². The number of carbonyl (C=O) groups is 1. The second-order valence-electron chi connectivity index (χ2n) is 4.67. The maximum Gasteiger partial charge on any atom is 0.225 e. The molecular weight excluding hydrogens is 270 g/mol. The fraction of sp³-hybridized carbons (Fsp3) is 0.400. The Morgan fingerprint density at radius 1 is 1.33 bits per heavy atom. The summed E-state index contributed by atoms with van der Waals surface area (Å²) in [5.41, 5.74) is 2.33. The standard InChI is InChI=1S/C15H19N3O3/c1-4-6-13(19)16-15-14(17-21-18-15)11-7-8-12(20-5-2)10(3)9-11/h7-9H,4-6H2,1-3H3,(H,16,18,19). The molecule has 1 aromatic heterocycles. The summed E-state index contributed by atoms with van der Waals surface area (Å²) in [6, 6.07) is 5.67. The van der Waals surface area contributed by atoms with Crippen LogP contribution in [0.15, 0.2) is 22.8 Å². The summed E-state index contributed by atoms with van der Waals surface area (Å²) >= 11 is 0. The Kier molecular flexibility index (Phi) is 4.92. The number of anilines is 1. The Balaban J connectivity index is 2.24. The van der Waals surface area contributed by atoms with Gasteiger partial charge in [-0.2, -0.15) is 0 Å². The summed E-state index contributed by atoms with van der Waals surface area (Å²) in [6.07, 6.45) is 1.21. The van der Waals surface area contributed by atoms with Gasteiger partial charge in [-0.05, 0) is 54.3 Å². The highest BCUT2D eigenvalue weighted by Crippen LogP contribution is 2.29. The van der Waals surface area contributed by atoms with E-state index in [0.29, 0.717) is 24.5 Å². The Morgan fingerprint density at radius 3 is 2.81 bits per heavy atom. The van der Waals surface area contributed by atoms with Crippen molar-refractivity contribution in [1.29, 1.82) is 0 Å². The predicted octanol–water partition coefficient (Wildman–Crippen LogP) is 3.18. The molecule has 0 bridgehead atoms. The lowest BCUT2D eigenvalue weighted by atomic mass is 10.1. The minimum absolute atomic E-state index is 0.0999. The van der Waals surface area contributed by atoms with Crippen molar-refractivity contribution < 1.29 is 14.2 Å². The third-order valence-corrected chi connectivity index (χ3v) is 2.97. The van der Waals surface area contributed by atoms with Gasteiger partial charge in [0.15, 0.2) is 5.69 Å². The van der Waals surface area contributed by atoms with Gasteiger partial charge in [0.25, 0.3) is 0 Å². The molecule has 6 heteroatoms. The topological polar surface area (TPSA) is 77.3 Å². The van der Waals surface area contributed by atoms with Crippen LogP contribution in [0.1, 0.15) is 32.3 Å². The van der Waals surface area contributed by atoms with Crippen LogP contribution >= 0.6 is 0 Å². The van der Waals surface area contributed by atoms with Crippen LogP contribution in [0, 0.1) is 6.92 Å². The van der Waals surface area contributed by atoms with Crippen molar-refractivity contribution in [2.45, 2.75) is 33.6 Å². The molecule has 0 unspecified atom stereocenters. The van der Waals surface area contributed by atoms with Crippen LogP contribution in [0.5, 0.6) is 5.75 Å². The van der Waals surface area contributed by atoms with Crippen LogP contribution in [0.3, 0.4) is 0 Å². The number of aromatic nitrogens is 2. The molecule has 112 valence electrons. The minimum Gasteiger partial charge on any atom is -0.494 e. The number of carbonyl (C=O) groups excluding carboxylic acids is 1. The Bertz CT molecular complexity index is 622. The number of nitrogens with zero attached hydrogens (tertiary/aromatic N) is 2. The van der Waals surface area contributed by atoms with E-state index in [1.165, 1.54) is 0 Å². The monoisotopic (exact) mass is 289 g/mol. The molecule has 0 fully saturated rings. The zero-order chi connectivity index (χ0) is 15.2. The molecule has 0 atom stereocenters. The molecule has 0 aliphatic heterocycles. The van der Waals surface area contributed by atoms with Crippen molar-refractivity contribution >= 4 is 11.7 Å². The van der Waals surface area contributed by atoms with E-state index in [1.807, 2.05) is 39.0 Å². The molecule has 0 radical (unpaired) electrons. The molecule has 1 amide bonds. The van der Waals surface area contributed by atoms with Gasteiger partial charge in [0, 0.05) is 12.0 Å². The molecule has 21 heavy (non-hydrogen) atoms. The van der Waals surface area contributed by atoms with E-state index in [9.17, 15) is 4.79 Å². The second-order valence-corrected chi connectivity index (χ2v) is 4.67. The lowest BCUT2D eigenvalue weighted by Crippen LogP contribution is -2.11. The van der Waals surface area contributed by atoms with E-state index >= 15 is 0 Å². The minimum atomic E-state index is -0.0999. The third-order valence-electron chi connectivity index (χ3n) is 2.97. The molecular formula is C15H19N3O3.